The predicted molar refractivity (Wildman–Crippen MR) is 73.1 cm³/mol. The fourth-order valence-corrected chi connectivity index (χ4v) is 2.56. The van der Waals surface area contributed by atoms with Gasteiger partial charge in [0.25, 0.3) is 0 Å². The van der Waals surface area contributed by atoms with Gasteiger partial charge in [0.05, 0.1) is 12.3 Å². The van der Waals surface area contributed by atoms with Crippen LogP contribution in [0, 0.1) is 5.92 Å². The molecule has 0 atom stereocenters. The second-order valence-corrected chi connectivity index (χ2v) is 5.04. The second-order valence-electron chi connectivity index (χ2n) is 4.60. The highest BCUT2D eigenvalue weighted by Gasteiger charge is 2.15. The van der Waals surface area contributed by atoms with Gasteiger partial charge in [-0.05, 0) is 43.9 Å². The van der Waals surface area contributed by atoms with E-state index < -0.39 is 0 Å². The molecule has 0 aromatic heterocycles. The van der Waals surface area contributed by atoms with Crippen LogP contribution in [0.4, 0.5) is 5.69 Å². The van der Waals surface area contributed by atoms with Crippen LogP contribution in [0.15, 0.2) is 18.2 Å². The number of halogens is 1. The third-order valence-electron chi connectivity index (χ3n) is 3.30. The van der Waals surface area contributed by atoms with Crippen molar-refractivity contribution in [3.05, 3.63) is 23.2 Å². The zero-order valence-electron chi connectivity index (χ0n) is 10.3. The van der Waals surface area contributed by atoms with E-state index in [2.05, 4.69) is 5.32 Å². The topological polar surface area (TPSA) is 21.3 Å². The lowest BCUT2D eigenvalue weighted by atomic mass is 10.1. The van der Waals surface area contributed by atoms with Crippen LogP contribution in [0.3, 0.4) is 0 Å². The van der Waals surface area contributed by atoms with Crippen molar-refractivity contribution in [2.45, 2.75) is 32.6 Å². The van der Waals surface area contributed by atoms with Gasteiger partial charge in [0, 0.05) is 11.6 Å². The van der Waals surface area contributed by atoms with E-state index in [-0.39, 0.29) is 0 Å². The summed E-state index contributed by atoms with van der Waals surface area (Å²) >= 11 is 6.02. The molecule has 1 aromatic carbocycles. The fraction of sp³-hybridized carbons (Fsp3) is 0.571. The smallest absolute Gasteiger partial charge is 0.142 e. The van der Waals surface area contributed by atoms with Crippen LogP contribution in [0.25, 0.3) is 0 Å². The zero-order chi connectivity index (χ0) is 12.1. The van der Waals surface area contributed by atoms with Crippen molar-refractivity contribution in [3.8, 4) is 5.75 Å². The molecule has 1 aliphatic carbocycles. The highest BCUT2D eigenvalue weighted by molar-refractivity contribution is 6.30. The quantitative estimate of drug-likeness (QED) is 0.843. The average Bonchev–Trinajstić information content (AvgIpc) is 2.82. The monoisotopic (exact) mass is 253 g/mol. The van der Waals surface area contributed by atoms with Crippen molar-refractivity contribution >= 4 is 17.3 Å². The molecule has 2 rings (SSSR count). The highest BCUT2D eigenvalue weighted by atomic mass is 35.5. The van der Waals surface area contributed by atoms with E-state index >= 15 is 0 Å². The molecule has 0 unspecified atom stereocenters. The number of ether oxygens (including phenoxy) is 1. The van der Waals surface area contributed by atoms with Crippen LogP contribution in [0.2, 0.25) is 5.02 Å². The summed E-state index contributed by atoms with van der Waals surface area (Å²) in [5.41, 5.74) is 1.02. The standard InChI is InChI=1S/C14H20ClNO/c1-2-17-14-8-7-12(15)9-13(14)16-10-11-5-3-4-6-11/h7-9,11,16H,2-6,10H2,1H3. The molecular weight excluding hydrogens is 234 g/mol. The van der Waals surface area contributed by atoms with Crippen molar-refractivity contribution < 1.29 is 4.74 Å². The Balaban J connectivity index is 1.99. The number of benzene rings is 1. The van der Waals surface area contributed by atoms with Crippen LogP contribution in [0.5, 0.6) is 5.75 Å². The van der Waals surface area contributed by atoms with Crippen LogP contribution in [0.1, 0.15) is 32.6 Å². The average molecular weight is 254 g/mol. The number of anilines is 1. The molecule has 3 heteroatoms. The molecule has 2 nitrogen and oxygen atoms in total. The van der Waals surface area contributed by atoms with Gasteiger partial charge in [0.1, 0.15) is 5.75 Å². The molecule has 1 saturated carbocycles. The number of hydrogen-bond donors (Lipinski definition) is 1. The maximum atomic E-state index is 6.02. The minimum absolute atomic E-state index is 0.680. The van der Waals surface area contributed by atoms with Gasteiger partial charge in [-0.25, -0.2) is 0 Å². The maximum absolute atomic E-state index is 6.02. The summed E-state index contributed by atoms with van der Waals surface area (Å²) in [6.45, 7) is 3.70. The first-order valence-corrected chi connectivity index (χ1v) is 6.83. The Kier molecular flexibility index (Phi) is 4.55. The van der Waals surface area contributed by atoms with Gasteiger partial charge < -0.3 is 10.1 Å². The summed E-state index contributed by atoms with van der Waals surface area (Å²) < 4.78 is 5.59. The number of hydrogen-bond acceptors (Lipinski definition) is 2. The van der Waals surface area contributed by atoms with Crippen LogP contribution < -0.4 is 10.1 Å². The predicted octanol–water partition coefficient (Wildman–Crippen LogP) is 4.34. The van der Waals surface area contributed by atoms with E-state index in [4.69, 9.17) is 16.3 Å². The molecule has 1 N–H and O–H groups in total. The molecule has 17 heavy (non-hydrogen) atoms. The molecule has 0 heterocycles. The van der Waals surface area contributed by atoms with E-state index in [1.54, 1.807) is 0 Å². The summed E-state index contributed by atoms with van der Waals surface area (Å²) in [5.74, 6) is 1.71. The minimum atomic E-state index is 0.680. The Morgan fingerprint density at radius 3 is 2.82 bits per heavy atom. The molecule has 94 valence electrons. The molecule has 1 aliphatic rings. The highest BCUT2D eigenvalue weighted by Crippen LogP contribution is 2.30. The van der Waals surface area contributed by atoms with Gasteiger partial charge in [0.2, 0.25) is 0 Å². The third-order valence-corrected chi connectivity index (χ3v) is 3.53. The molecule has 0 aliphatic heterocycles. The summed E-state index contributed by atoms with van der Waals surface area (Å²) in [7, 11) is 0. The van der Waals surface area contributed by atoms with Crippen LogP contribution in [-0.2, 0) is 0 Å². The molecule has 0 spiro atoms. The number of nitrogens with one attached hydrogen (secondary N) is 1. The van der Waals surface area contributed by atoms with Gasteiger partial charge in [-0.15, -0.1) is 0 Å². The van der Waals surface area contributed by atoms with E-state index in [1.807, 2.05) is 25.1 Å². The maximum Gasteiger partial charge on any atom is 0.142 e. The van der Waals surface area contributed by atoms with Crippen LogP contribution in [-0.4, -0.2) is 13.2 Å². The van der Waals surface area contributed by atoms with E-state index in [0.717, 1.165) is 28.9 Å². The summed E-state index contributed by atoms with van der Waals surface area (Å²) in [5, 5.41) is 4.22. The lowest BCUT2D eigenvalue weighted by molar-refractivity contribution is 0.341. The molecular formula is C14H20ClNO. The van der Waals surface area contributed by atoms with Gasteiger partial charge >= 0.3 is 0 Å². The first-order valence-electron chi connectivity index (χ1n) is 6.46. The Morgan fingerprint density at radius 2 is 2.12 bits per heavy atom. The van der Waals surface area contributed by atoms with Crippen molar-refractivity contribution in [1.29, 1.82) is 0 Å². The summed E-state index contributed by atoms with van der Waals surface area (Å²) in [6, 6.07) is 5.75. The number of rotatable bonds is 5. The van der Waals surface area contributed by atoms with Crippen LogP contribution >= 0.6 is 11.6 Å². The van der Waals surface area contributed by atoms with E-state index in [1.165, 1.54) is 25.7 Å². The molecule has 0 amide bonds. The van der Waals surface area contributed by atoms with Gasteiger partial charge in [-0.2, -0.15) is 0 Å². The Morgan fingerprint density at radius 1 is 1.35 bits per heavy atom. The minimum Gasteiger partial charge on any atom is -0.492 e. The summed E-state index contributed by atoms with van der Waals surface area (Å²) in [6.07, 6.45) is 5.44. The molecule has 0 radical (unpaired) electrons. The molecule has 0 bridgehead atoms. The lowest BCUT2D eigenvalue weighted by Crippen LogP contribution is -2.11. The van der Waals surface area contributed by atoms with E-state index in [9.17, 15) is 0 Å². The van der Waals surface area contributed by atoms with Gasteiger partial charge in [0.15, 0.2) is 0 Å². The molecule has 1 fully saturated rings. The first-order chi connectivity index (χ1) is 8.29. The van der Waals surface area contributed by atoms with Crippen molar-refractivity contribution in [2.75, 3.05) is 18.5 Å². The van der Waals surface area contributed by atoms with Crippen molar-refractivity contribution in [2.24, 2.45) is 5.92 Å². The molecule has 1 aromatic rings. The third kappa shape index (κ3) is 3.53. The van der Waals surface area contributed by atoms with Crippen molar-refractivity contribution in [1.82, 2.24) is 0 Å². The first kappa shape index (κ1) is 12.6. The fourth-order valence-electron chi connectivity index (χ4n) is 2.39. The zero-order valence-corrected chi connectivity index (χ0v) is 11.1. The Labute approximate surface area is 108 Å². The summed E-state index contributed by atoms with van der Waals surface area (Å²) in [4.78, 5) is 0. The largest absolute Gasteiger partial charge is 0.492 e. The van der Waals surface area contributed by atoms with Gasteiger partial charge in [-0.1, -0.05) is 24.4 Å². The Hall–Kier alpha value is -0.890. The normalized spacial score (nSPS) is 16.1. The molecule has 0 saturated heterocycles. The second kappa shape index (κ2) is 6.15. The van der Waals surface area contributed by atoms with Crippen molar-refractivity contribution in [3.63, 3.8) is 0 Å². The van der Waals surface area contributed by atoms with Gasteiger partial charge in [-0.3, -0.25) is 0 Å². The SMILES string of the molecule is CCOc1ccc(Cl)cc1NCC1CCCC1. The Bertz CT molecular complexity index is 361. The lowest BCUT2D eigenvalue weighted by Gasteiger charge is -2.15. The van der Waals surface area contributed by atoms with E-state index in [0.29, 0.717) is 6.61 Å².